The van der Waals surface area contributed by atoms with E-state index in [2.05, 4.69) is 5.32 Å². The summed E-state index contributed by atoms with van der Waals surface area (Å²) < 4.78 is 0. The van der Waals surface area contributed by atoms with Gasteiger partial charge in [0.15, 0.2) is 0 Å². The van der Waals surface area contributed by atoms with Crippen LogP contribution < -0.4 is 10.2 Å². The molecule has 114 valence electrons. The highest BCUT2D eigenvalue weighted by atomic mass is 16.4. The van der Waals surface area contributed by atoms with Gasteiger partial charge >= 0.3 is 5.97 Å². The Bertz CT molecular complexity index is 530. The fraction of sp³-hybridized carbons (Fsp3) is 0.500. The number of para-hydroxylation sites is 1. The summed E-state index contributed by atoms with van der Waals surface area (Å²) in [5.41, 5.74) is 1.48. The van der Waals surface area contributed by atoms with Gasteiger partial charge in [-0.1, -0.05) is 32.0 Å². The van der Waals surface area contributed by atoms with Gasteiger partial charge in [-0.15, -0.1) is 0 Å². The number of anilines is 1. The second kappa shape index (κ2) is 6.72. The first-order valence-corrected chi connectivity index (χ1v) is 7.40. The van der Waals surface area contributed by atoms with Gasteiger partial charge in [0, 0.05) is 24.7 Å². The number of carboxylic acids is 1. The molecule has 0 saturated heterocycles. The van der Waals surface area contributed by atoms with Gasteiger partial charge < -0.3 is 15.3 Å². The zero-order valence-electron chi connectivity index (χ0n) is 12.5. The van der Waals surface area contributed by atoms with Crippen molar-refractivity contribution in [3.8, 4) is 0 Å². The number of nitrogens with zero attached hydrogens (tertiary/aromatic N) is 1. The molecule has 2 rings (SSSR count). The van der Waals surface area contributed by atoms with Crippen LogP contribution in [0.4, 0.5) is 5.69 Å². The number of fused-ring (bicyclic) bond motifs is 1. The highest BCUT2D eigenvalue weighted by Gasteiger charge is 2.33. The fourth-order valence-corrected chi connectivity index (χ4v) is 2.76. The largest absolute Gasteiger partial charge is 0.481 e. The average Bonchev–Trinajstić information content (AvgIpc) is 2.50. The summed E-state index contributed by atoms with van der Waals surface area (Å²) in [6, 6.07) is 7.31. The highest BCUT2D eigenvalue weighted by Crippen LogP contribution is 2.35. The molecule has 0 bridgehead atoms. The van der Waals surface area contributed by atoms with E-state index in [1.54, 1.807) is 4.90 Å². The summed E-state index contributed by atoms with van der Waals surface area (Å²) in [4.78, 5) is 25.7. The van der Waals surface area contributed by atoms with Crippen LogP contribution in [0, 0.1) is 5.92 Å². The Morgan fingerprint density at radius 2 is 2.14 bits per heavy atom. The molecule has 0 aromatic heterocycles. The van der Waals surface area contributed by atoms with Gasteiger partial charge in [-0.2, -0.15) is 0 Å². The monoisotopic (exact) mass is 290 g/mol. The third-order valence-electron chi connectivity index (χ3n) is 3.93. The third kappa shape index (κ3) is 3.24. The Morgan fingerprint density at radius 1 is 1.43 bits per heavy atom. The number of carboxylic acid groups (broad SMARTS) is 1. The Kier molecular flexibility index (Phi) is 4.96. The van der Waals surface area contributed by atoms with E-state index < -0.39 is 11.9 Å². The predicted molar refractivity (Wildman–Crippen MR) is 81.5 cm³/mol. The smallest absolute Gasteiger partial charge is 0.311 e. The third-order valence-corrected chi connectivity index (χ3v) is 3.93. The summed E-state index contributed by atoms with van der Waals surface area (Å²) in [5, 5.41) is 12.5. The van der Waals surface area contributed by atoms with Crippen molar-refractivity contribution < 1.29 is 14.7 Å². The maximum Gasteiger partial charge on any atom is 0.311 e. The van der Waals surface area contributed by atoms with Crippen LogP contribution in [0.5, 0.6) is 0 Å². The molecule has 0 fully saturated rings. The van der Waals surface area contributed by atoms with Crippen LogP contribution in [0.1, 0.15) is 31.7 Å². The first-order valence-electron chi connectivity index (χ1n) is 7.40. The Labute approximate surface area is 125 Å². The van der Waals surface area contributed by atoms with Crippen molar-refractivity contribution in [1.29, 1.82) is 0 Å². The normalized spacial score (nSPS) is 19.0. The Hall–Kier alpha value is -1.88. The number of hydrogen-bond donors (Lipinski definition) is 2. The molecular weight excluding hydrogens is 268 g/mol. The summed E-state index contributed by atoms with van der Waals surface area (Å²) >= 11 is 0. The van der Waals surface area contributed by atoms with Crippen LogP contribution >= 0.6 is 0 Å². The molecule has 1 aliphatic heterocycles. The second-order valence-electron chi connectivity index (χ2n) is 5.44. The molecule has 2 unspecified atom stereocenters. The SMILES string of the molecule is CCNCC(C)C(=O)N1CCC(C(=O)O)c2ccccc21. The van der Waals surface area contributed by atoms with E-state index in [0.29, 0.717) is 19.5 Å². The number of rotatable bonds is 5. The Balaban J connectivity index is 2.24. The van der Waals surface area contributed by atoms with E-state index in [9.17, 15) is 14.7 Å². The number of carbonyl (C=O) groups is 2. The molecule has 0 spiro atoms. The van der Waals surface area contributed by atoms with Crippen molar-refractivity contribution in [3.63, 3.8) is 0 Å². The quantitative estimate of drug-likeness (QED) is 0.868. The maximum atomic E-state index is 12.6. The minimum Gasteiger partial charge on any atom is -0.481 e. The van der Waals surface area contributed by atoms with Crippen molar-refractivity contribution in [3.05, 3.63) is 29.8 Å². The molecule has 2 atom stereocenters. The number of benzene rings is 1. The molecule has 1 aromatic carbocycles. The van der Waals surface area contributed by atoms with E-state index >= 15 is 0 Å². The zero-order chi connectivity index (χ0) is 15.4. The van der Waals surface area contributed by atoms with E-state index in [-0.39, 0.29) is 11.8 Å². The van der Waals surface area contributed by atoms with Crippen molar-refractivity contribution in [2.75, 3.05) is 24.5 Å². The molecule has 1 amide bonds. The average molecular weight is 290 g/mol. The van der Waals surface area contributed by atoms with E-state index in [0.717, 1.165) is 17.8 Å². The van der Waals surface area contributed by atoms with Gasteiger partial charge in [-0.25, -0.2) is 0 Å². The number of amides is 1. The highest BCUT2D eigenvalue weighted by molar-refractivity contribution is 5.97. The van der Waals surface area contributed by atoms with Gasteiger partial charge in [0.25, 0.3) is 0 Å². The molecule has 0 radical (unpaired) electrons. The lowest BCUT2D eigenvalue weighted by Gasteiger charge is -2.34. The van der Waals surface area contributed by atoms with E-state index in [1.165, 1.54) is 0 Å². The van der Waals surface area contributed by atoms with Crippen LogP contribution in [0.25, 0.3) is 0 Å². The molecular formula is C16H22N2O3. The second-order valence-corrected chi connectivity index (χ2v) is 5.44. The number of aliphatic carboxylic acids is 1. The molecule has 2 N–H and O–H groups in total. The van der Waals surface area contributed by atoms with Crippen molar-refractivity contribution >= 4 is 17.6 Å². The molecule has 5 heteroatoms. The van der Waals surface area contributed by atoms with Gasteiger partial charge in [0.1, 0.15) is 0 Å². The van der Waals surface area contributed by atoms with Crippen LogP contribution in [0.15, 0.2) is 24.3 Å². The van der Waals surface area contributed by atoms with Gasteiger partial charge in [0.2, 0.25) is 5.91 Å². The topological polar surface area (TPSA) is 69.6 Å². The first kappa shape index (κ1) is 15.5. The predicted octanol–water partition coefficient (Wildman–Crippen LogP) is 1.84. The summed E-state index contributed by atoms with van der Waals surface area (Å²) in [5.74, 6) is -1.42. The first-order chi connectivity index (χ1) is 10.1. The van der Waals surface area contributed by atoms with Crippen molar-refractivity contribution in [2.45, 2.75) is 26.2 Å². The Morgan fingerprint density at radius 3 is 2.81 bits per heavy atom. The fourth-order valence-electron chi connectivity index (χ4n) is 2.76. The summed E-state index contributed by atoms with van der Waals surface area (Å²) in [6.45, 7) is 5.83. The van der Waals surface area contributed by atoms with Crippen molar-refractivity contribution in [1.82, 2.24) is 5.32 Å². The molecule has 5 nitrogen and oxygen atoms in total. The maximum absolute atomic E-state index is 12.6. The summed E-state index contributed by atoms with van der Waals surface area (Å²) in [7, 11) is 0. The number of hydrogen-bond acceptors (Lipinski definition) is 3. The standard InChI is InChI=1S/C16H22N2O3/c1-3-17-10-11(2)15(19)18-9-8-13(16(20)21)12-6-4-5-7-14(12)18/h4-7,11,13,17H,3,8-10H2,1-2H3,(H,20,21). The van der Waals surface area contributed by atoms with Crippen LogP contribution in [-0.4, -0.2) is 36.6 Å². The molecule has 1 aliphatic rings. The van der Waals surface area contributed by atoms with Gasteiger partial charge in [0.05, 0.1) is 5.92 Å². The van der Waals surface area contributed by atoms with Crippen LogP contribution in [-0.2, 0) is 9.59 Å². The molecule has 1 aromatic rings. The molecule has 0 saturated carbocycles. The van der Waals surface area contributed by atoms with Crippen LogP contribution in [0.2, 0.25) is 0 Å². The molecule has 0 aliphatic carbocycles. The number of nitrogens with one attached hydrogen (secondary N) is 1. The lowest BCUT2D eigenvalue weighted by molar-refractivity contribution is -0.139. The minimum atomic E-state index is -0.824. The molecule has 1 heterocycles. The zero-order valence-corrected chi connectivity index (χ0v) is 12.5. The minimum absolute atomic E-state index is 0.0484. The molecule has 21 heavy (non-hydrogen) atoms. The van der Waals surface area contributed by atoms with Crippen molar-refractivity contribution in [2.24, 2.45) is 5.92 Å². The van der Waals surface area contributed by atoms with Crippen LogP contribution in [0.3, 0.4) is 0 Å². The van der Waals surface area contributed by atoms with Gasteiger partial charge in [-0.05, 0) is 24.6 Å². The van der Waals surface area contributed by atoms with Gasteiger partial charge in [-0.3, -0.25) is 9.59 Å². The lowest BCUT2D eigenvalue weighted by Crippen LogP contribution is -2.43. The lowest BCUT2D eigenvalue weighted by atomic mass is 9.89. The summed E-state index contributed by atoms with van der Waals surface area (Å²) in [6.07, 6.45) is 0.464. The van der Waals surface area contributed by atoms with E-state index in [1.807, 2.05) is 38.1 Å². The number of carbonyl (C=O) groups excluding carboxylic acids is 1. The van der Waals surface area contributed by atoms with E-state index in [4.69, 9.17) is 0 Å².